The van der Waals surface area contributed by atoms with Crippen LogP contribution in [0.1, 0.15) is 44.6 Å². The van der Waals surface area contributed by atoms with Crippen LogP contribution in [0.3, 0.4) is 0 Å². The van der Waals surface area contributed by atoms with Crippen molar-refractivity contribution in [2.24, 2.45) is 5.92 Å². The Hall–Kier alpha value is -1.51. The maximum Gasteiger partial charge on any atom is 0.220 e. The molecule has 18 heavy (non-hydrogen) atoms. The summed E-state index contributed by atoms with van der Waals surface area (Å²) >= 11 is 0. The lowest BCUT2D eigenvalue weighted by Gasteiger charge is -2.16. The first-order valence-corrected chi connectivity index (χ1v) is 6.71. The van der Waals surface area contributed by atoms with Crippen LogP contribution in [-0.2, 0) is 4.79 Å². The van der Waals surface area contributed by atoms with Crippen LogP contribution in [0, 0.1) is 5.92 Å². The number of amides is 1. The number of carbonyl (C=O) groups is 1. The van der Waals surface area contributed by atoms with E-state index in [2.05, 4.69) is 19.2 Å². The number of benzene rings is 1. The topological polar surface area (TPSA) is 55.1 Å². The van der Waals surface area contributed by atoms with Crippen molar-refractivity contribution in [2.45, 2.75) is 45.1 Å². The first-order chi connectivity index (χ1) is 8.56. The Morgan fingerprint density at radius 2 is 1.94 bits per heavy atom. The average Bonchev–Trinajstić information content (AvgIpc) is 3.13. The van der Waals surface area contributed by atoms with Crippen LogP contribution in [0.25, 0.3) is 0 Å². The standard InChI is InChI=1S/C15H22N2O/c1-10(12-5-7-14(16)8-6-12)9-15(18)17-11(2)13-3-4-13/h5-8,10-11,13H,3-4,9,16H2,1-2H3,(H,17,18). The highest BCUT2D eigenvalue weighted by Crippen LogP contribution is 2.32. The van der Waals surface area contributed by atoms with Gasteiger partial charge in [-0.25, -0.2) is 0 Å². The van der Waals surface area contributed by atoms with Crippen molar-refractivity contribution < 1.29 is 4.79 Å². The second-order valence-electron chi connectivity index (χ2n) is 5.47. The Morgan fingerprint density at radius 3 is 2.50 bits per heavy atom. The van der Waals surface area contributed by atoms with E-state index in [-0.39, 0.29) is 11.8 Å². The predicted molar refractivity (Wildman–Crippen MR) is 74.2 cm³/mol. The lowest BCUT2D eigenvalue weighted by Crippen LogP contribution is -2.34. The normalized spacial score (nSPS) is 18.1. The molecule has 0 saturated heterocycles. The number of rotatable bonds is 5. The molecule has 0 radical (unpaired) electrons. The third-order valence-corrected chi connectivity index (χ3v) is 3.71. The summed E-state index contributed by atoms with van der Waals surface area (Å²) in [6.07, 6.45) is 3.06. The summed E-state index contributed by atoms with van der Waals surface area (Å²) in [5.74, 6) is 1.09. The molecule has 1 aromatic rings. The van der Waals surface area contributed by atoms with Gasteiger partial charge in [0.15, 0.2) is 0 Å². The van der Waals surface area contributed by atoms with Crippen LogP contribution >= 0.6 is 0 Å². The number of nitrogens with one attached hydrogen (secondary N) is 1. The van der Waals surface area contributed by atoms with Crippen molar-refractivity contribution in [3.05, 3.63) is 29.8 Å². The SMILES string of the molecule is CC(CC(=O)NC(C)C1CC1)c1ccc(N)cc1. The molecule has 0 spiro atoms. The molecule has 0 aromatic heterocycles. The zero-order valence-electron chi connectivity index (χ0n) is 11.1. The van der Waals surface area contributed by atoms with Gasteiger partial charge in [-0.15, -0.1) is 0 Å². The molecule has 3 N–H and O–H groups in total. The Bertz CT molecular complexity index is 409. The summed E-state index contributed by atoms with van der Waals surface area (Å²) in [6, 6.07) is 8.10. The molecular formula is C15H22N2O. The zero-order chi connectivity index (χ0) is 13.1. The van der Waals surface area contributed by atoms with Crippen LogP contribution < -0.4 is 11.1 Å². The molecule has 98 valence electrons. The largest absolute Gasteiger partial charge is 0.399 e. The number of anilines is 1. The summed E-state index contributed by atoms with van der Waals surface area (Å²) in [7, 11) is 0. The Balaban J connectivity index is 1.84. The molecule has 2 atom stereocenters. The van der Waals surface area contributed by atoms with Crippen molar-refractivity contribution >= 4 is 11.6 Å². The van der Waals surface area contributed by atoms with E-state index >= 15 is 0 Å². The molecule has 1 aliphatic carbocycles. The van der Waals surface area contributed by atoms with E-state index in [1.807, 2.05) is 24.3 Å². The van der Waals surface area contributed by atoms with Gasteiger partial charge in [0.05, 0.1) is 0 Å². The second kappa shape index (κ2) is 5.42. The fourth-order valence-electron chi connectivity index (χ4n) is 2.25. The van der Waals surface area contributed by atoms with Gasteiger partial charge in [0.2, 0.25) is 5.91 Å². The number of nitrogen functional groups attached to an aromatic ring is 1. The number of nitrogens with two attached hydrogens (primary N) is 1. The van der Waals surface area contributed by atoms with Crippen LogP contribution in [0.15, 0.2) is 24.3 Å². The second-order valence-corrected chi connectivity index (χ2v) is 5.47. The Kier molecular flexibility index (Phi) is 3.90. The molecule has 1 saturated carbocycles. The third kappa shape index (κ3) is 3.49. The first-order valence-electron chi connectivity index (χ1n) is 6.71. The minimum absolute atomic E-state index is 0.152. The summed E-state index contributed by atoms with van der Waals surface area (Å²) in [5, 5.41) is 3.09. The molecule has 0 bridgehead atoms. The summed E-state index contributed by atoms with van der Waals surface area (Å²) in [4.78, 5) is 11.9. The third-order valence-electron chi connectivity index (χ3n) is 3.71. The monoisotopic (exact) mass is 246 g/mol. The van der Waals surface area contributed by atoms with Crippen LogP contribution in [0.2, 0.25) is 0 Å². The molecular weight excluding hydrogens is 224 g/mol. The first kappa shape index (κ1) is 12.9. The Morgan fingerprint density at radius 1 is 1.33 bits per heavy atom. The highest BCUT2D eigenvalue weighted by atomic mass is 16.1. The van der Waals surface area contributed by atoms with E-state index in [1.165, 1.54) is 18.4 Å². The molecule has 0 heterocycles. The van der Waals surface area contributed by atoms with E-state index in [0.717, 1.165) is 5.69 Å². The molecule has 2 unspecified atom stereocenters. The van der Waals surface area contributed by atoms with Gasteiger partial charge in [0.25, 0.3) is 0 Å². The minimum atomic E-state index is 0.152. The molecule has 1 fully saturated rings. The van der Waals surface area contributed by atoms with Crippen LogP contribution in [-0.4, -0.2) is 11.9 Å². The van der Waals surface area contributed by atoms with E-state index < -0.39 is 0 Å². The maximum atomic E-state index is 11.9. The quantitative estimate of drug-likeness (QED) is 0.785. The van der Waals surface area contributed by atoms with E-state index in [4.69, 9.17) is 5.73 Å². The van der Waals surface area contributed by atoms with E-state index in [0.29, 0.717) is 18.4 Å². The number of hydrogen-bond acceptors (Lipinski definition) is 2. The lowest BCUT2D eigenvalue weighted by molar-refractivity contribution is -0.122. The average molecular weight is 246 g/mol. The molecule has 2 rings (SSSR count). The van der Waals surface area contributed by atoms with E-state index in [9.17, 15) is 4.79 Å². The summed E-state index contributed by atoms with van der Waals surface area (Å²) in [5.41, 5.74) is 7.58. The summed E-state index contributed by atoms with van der Waals surface area (Å²) in [6.45, 7) is 4.18. The highest BCUT2D eigenvalue weighted by Gasteiger charge is 2.29. The molecule has 1 aliphatic rings. The Labute approximate surface area is 109 Å². The van der Waals surface area contributed by atoms with Gasteiger partial charge >= 0.3 is 0 Å². The molecule has 0 aliphatic heterocycles. The lowest BCUT2D eigenvalue weighted by atomic mass is 9.97. The molecule has 3 heteroatoms. The zero-order valence-corrected chi connectivity index (χ0v) is 11.1. The molecule has 1 amide bonds. The van der Waals surface area contributed by atoms with Gasteiger partial charge in [0, 0.05) is 18.2 Å². The van der Waals surface area contributed by atoms with Crippen LogP contribution in [0.4, 0.5) is 5.69 Å². The van der Waals surface area contributed by atoms with Gasteiger partial charge in [-0.3, -0.25) is 4.79 Å². The highest BCUT2D eigenvalue weighted by molar-refractivity contribution is 5.77. The van der Waals surface area contributed by atoms with Crippen molar-refractivity contribution in [1.82, 2.24) is 5.32 Å². The fraction of sp³-hybridized carbons (Fsp3) is 0.533. The van der Waals surface area contributed by atoms with Gasteiger partial charge in [-0.1, -0.05) is 19.1 Å². The number of carbonyl (C=O) groups excluding carboxylic acids is 1. The van der Waals surface area contributed by atoms with Crippen molar-refractivity contribution in [1.29, 1.82) is 0 Å². The van der Waals surface area contributed by atoms with Crippen molar-refractivity contribution in [2.75, 3.05) is 5.73 Å². The fourth-order valence-corrected chi connectivity index (χ4v) is 2.25. The molecule has 1 aromatic carbocycles. The number of hydrogen-bond donors (Lipinski definition) is 2. The van der Waals surface area contributed by atoms with Crippen LogP contribution in [0.5, 0.6) is 0 Å². The minimum Gasteiger partial charge on any atom is -0.399 e. The van der Waals surface area contributed by atoms with Gasteiger partial charge in [-0.2, -0.15) is 0 Å². The van der Waals surface area contributed by atoms with Gasteiger partial charge in [-0.05, 0) is 49.3 Å². The van der Waals surface area contributed by atoms with Crippen molar-refractivity contribution in [3.63, 3.8) is 0 Å². The van der Waals surface area contributed by atoms with Gasteiger partial charge in [0.1, 0.15) is 0 Å². The smallest absolute Gasteiger partial charge is 0.220 e. The summed E-state index contributed by atoms with van der Waals surface area (Å²) < 4.78 is 0. The van der Waals surface area contributed by atoms with E-state index in [1.54, 1.807) is 0 Å². The maximum absolute atomic E-state index is 11.9. The van der Waals surface area contributed by atoms with Crippen molar-refractivity contribution in [3.8, 4) is 0 Å². The van der Waals surface area contributed by atoms with Gasteiger partial charge < -0.3 is 11.1 Å². The molecule has 3 nitrogen and oxygen atoms in total. The predicted octanol–water partition coefficient (Wildman–Crippen LogP) is 2.68.